The molecule has 1 amide bonds. The lowest BCUT2D eigenvalue weighted by Gasteiger charge is -2.26. The van der Waals surface area contributed by atoms with Crippen molar-refractivity contribution in [1.29, 1.82) is 0 Å². The molecule has 32 heavy (non-hydrogen) atoms. The highest BCUT2D eigenvalue weighted by Gasteiger charge is 2.26. The molecule has 11 heteroatoms. The predicted molar refractivity (Wildman–Crippen MR) is 122 cm³/mol. The number of nitrogens with two attached hydrogens (primary N) is 2. The number of nitrogens with zero attached hydrogens (tertiary/aromatic N) is 4. The molecule has 1 aliphatic rings. The number of nitrogen functional groups attached to an aromatic ring is 1. The number of carbonyl (C=O) groups excluding carboxylic acids is 1. The van der Waals surface area contributed by atoms with Gasteiger partial charge in [-0.3, -0.25) is 9.48 Å². The van der Waals surface area contributed by atoms with Crippen molar-refractivity contribution < 1.29 is 13.6 Å². The second kappa shape index (κ2) is 8.83. The third kappa shape index (κ3) is 4.30. The molecule has 0 radical (unpaired) electrons. The zero-order valence-corrected chi connectivity index (χ0v) is 18.6. The van der Waals surface area contributed by atoms with E-state index in [0.29, 0.717) is 11.6 Å². The van der Waals surface area contributed by atoms with Crippen molar-refractivity contribution >= 4 is 33.8 Å². The van der Waals surface area contributed by atoms with Gasteiger partial charge in [0.2, 0.25) is 0 Å². The Hall–Kier alpha value is -3.05. The summed E-state index contributed by atoms with van der Waals surface area (Å²) in [5.74, 6) is -0.968. The number of thiazole rings is 1. The third-order valence-electron chi connectivity index (χ3n) is 5.51. The number of rotatable bonds is 4. The summed E-state index contributed by atoms with van der Waals surface area (Å²) in [7, 11) is 1.80. The summed E-state index contributed by atoms with van der Waals surface area (Å²) in [6, 6.07) is 3.66. The molecule has 0 spiro atoms. The molecule has 1 aliphatic heterocycles. The Morgan fingerprint density at radius 1 is 1.31 bits per heavy atom. The van der Waals surface area contributed by atoms with Crippen LogP contribution in [-0.2, 0) is 7.05 Å². The second-order valence-corrected chi connectivity index (χ2v) is 9.15. The highest BCUT2D eigenvalue weighted by Crippen LogP contribution is 2.34. The molecule has 1 aromatic carbocycles. The summed E-state index contributed by atoms with van der Waals surface area (Å²) >= 11 is 0.856. The lowest BCUT2D eigenvalue weighted by atomic mass is 10.0. The van der Waals surface area contributed by atoms with Gasteiger partial charge in [0.15, 0.2) is 11.5 Å². The molecule has 0 saturated carbocycles. The Labute approximate surface area is 188 Å². The van der Waals surface area contributed by atoms with Crippen molar-refractivity contribution in [3.63, 3.8) is 0 Å². The first kappa shape index (κ1) is 22.2. The molecular formula is C21H25F2N7OS. The molecule has 3 heterocycles. The molecule has 4 rings (SSSR count). The molecule has 8 nitrogen and oxygen atoms in total. The van der Waals surface area contributed by atoms with Crippen LogP contribution in [0.2, 0.25) is 0 Å². The summed E-state index contributed by atoms with van der Waals surface area (Å²) in [5, 5.41) is 7.17. The van der Waals surface area contributed by atoms with Gasteiger partial charge in [-0.15, -0.1) is 0 Å². The van der Waals surface area contributed by atoms with Gasteiger partial charge in [-0.2, -0.15) is 5.10 Å². The van der Waals surface area contributed by atoms with Crippen LogP contribution in [0.3, 0.4) is 0 Å². The summed E-state index contributed by atoms with van der Waals surface area (Å²) in [5.41, 5.74) is 12.3. The first-order valence-electron chi connectivity index (χ1n) is 10.3. The van der Waals surface area contributed by atoms with E-state index in [2.05, 4.69) is 27.2 Å². The van der Waals surface area contributed by atoms with Crippen molar-refractivity contribution in [2.45, 2.75) is 25.8 Å². The Balaban J connectivity index is 1.60. The van der Waals surface area contributed by atoms with Gasteiger partial charge in [0.25, 0.3) is 5.91 Å². The van der Waals surface area contributed by atoms with Crippen molar-refractivity contribution in [2.24, 2.45) is 18.7 Å². The average molecular weight is 462 g/mol. The zero-order valence-electron chi connectivity index (χ0n) is 17.8. The number of benzene rings is 1. The molecule has 3 aromatic rings. The highest BCUT2D eigenvalue weighted by molar-refractivity contribution is 7.19. The second-order valence-electron chi connectivity index (χ2n) is 8.12. The van der Waals surface area contributed by atoms with Gasteiger partial charge in [0.1, 0.15) is 27.3 Å². The highest BCUT2D eigenvalue weighted by atomic mass is 32.1. The van der Waals surface area contributed by atoms with Crippen molar-refractivity contribution in [1.82, 2.24) is 14.8 Å². The minimum Gasteiger partial charge on any atom is -0.389 e. The Bertz CT molecular complexity index is 1130. The quantitative estimate of drug-likeness (QED) is 0.550. The van der Waals surface area contributed by atoms with Crippen LogP contribution in [0.4, 0.5) is 25.3 Å². The van der Waals surface area contributed by atoms with Crippen LogP contribution in [-0.4, -0.2) is 39.8 Å². The maximum absolute atomic E-state index is 14.1. The molecule has 1 fully saturated rings. The lowest BCUT2D eigenvalue weighted by molar-refractivity contribution is 0.102. The number of carbonyl (C=O) groups is 1. The standard InChI is InChI=1S/C21H25F2N7OS/c1-11-8-12(24)6-7-30(10-11)21-15(9-26-29(21)2)27-19(31)17-18(25)32-20(28-17)16-13(22)4-3-5-14(16)23/h3-5,9,11-12H,6-8,10,24-25H2,1-2H3,(H,27,31). The van der Waals surface area contributed by atoms with E-state index in [9.17, 15) is 13.6 Å². The zero-order chi connectivity index (χ0) is 23.0. The van der Waals surface area contributed by atoms with E-state index >= 15 is 0 Å². The van der Waals surface area contributed by atoms with Crippen molar-refractivity contribution in [3.8, 4) is 10.6 Å². The van der Waals surface area contributed by atoms with E-state index < -0.39 is 17.5 Å². The average Bonchev–Trinajstić information content (AvgIpc) is 3.22. The molecule has 170 valence electrons. The SMILES string of the molecule is CC1CC(N)CCN(c2c(NC(=O)c3nc(-c4c(F)cccc4F)sc3N)cnn2C)C1. The first-order chi connectivity index (χ1) is 15.2. The molecule has 2 aromatic heterocycles. The third-order valence-corrected chi connectivity index (χ3v) is 6.41. The largest absolute Gasteiger partial charge is 0.389 e. The van der Waals surface area contributed by atoms with Gasteiger partial charge in [0, 0.05) is 26.2 Å². The number of aryl methyl sites for hydroxylation is 1. The Kier molecular flexibility index (Phi) is 6.11. The fourth-order valence-corrected chi connectivity index (χ4v) is 4.95. The van der Waals surface area contributed by atoms with Gasteiger partial charge < -0.3 is 21.7 Å². The van der Waals surface area contributed by atoms with Crippen LogP contribution >= 0.6 is 11.3 Å². The number of halogens is 2. The number of nitrogens with one attached hydrogen (secondary N) is 1. The minimum atomic E-state index is -0.770. The van der Waals surface area contributed by atoms with Gasteiger partial charge in [-0.1, -0.05) is 24.3 Å². The topological polar surface area (TPSA) is 115 Å². The number of anilines is 3. The van der Waals surface area contributed by atoms with Gasteiger partial charge >= 0.3 is 0 Å². The number of hydrogen-bond donors (Lipinski definition) is 3. The fraction of sp³-hybridized carbons (Fsp3) is 0.381. The van der Waals surface area contributed by atoms with E-state index in [-0.39, 0.29) is 27.3 Å². The number of hydrogen-bond acceptors (Lipinski definition) is 7. The van der Waals surface area contributed by atoms with Gasteiger partial charge in [-0.05, 0) is 30.9 Å². The monoisotopic (exact) mass is 461 g/mol. The van der Waals surface area contributed by atoms with E-state index in [1.54, 1.807) is 17.9 Å². The number of amides is 1. The van der Waals surface area contributed by atoms with Gasteiger partial charge in [-0.25, -0.2) is 13.8 Å². The van der Waals surface area contributed by atoms with E-state index in [0.717, 1.165) is 55.2 Å². The summed E-state index contributed by atoms with van der Waals surface area (Å²) in [6.07, 6.45) is 3.32. The van der Waals surface area contributed by atoms with Crippen molar-refractivity contribution in [2.75, 3.05) is 29.0 Å². The Morgan fingerprint density at radius 2 is 2.03 bits per heavy atom. The van der Waals surface area contributed by atoms with Crippen LogP contribution in [0.15, 0.2) is 24.4 Å². The molecule has 5 N–H and O–H groups in total. The van der Waals surface area contributed by atoms with Crippen LogP contribution in [0.1, 0.15) is 30.3 Å². The molecule has 2 atom stereocenters. The van der Waals surface area contributed by atoms with Crippen molar-refractivity contribution in [3.05, 3.63) is 41.7 Å². The van der Waals surface area contributed by atoms with E-state index in [4.69, 9.17) is 11.5 Å². The van der Waals surface area contributed by atoms with Crippen LogP contribution < -0.4 is 21.7 Å². The summed E-state index contributed by atoms with van der Waals surface area (Å²) in [4.78, 5) is 19.3. The van der Waals surface area contributed by atoms with Crippen LogP contribution in [0, 0.1) is 17.6 Å². The number of aromatic nitrogens is 3. The smallest absolute Gasteiger partial charge is 0.277 e. The predicted octanol–water partition coefficient (Wildman–Crippen LogP) is 3.22. The minimum absolute atomic E-state index is 0.00462. The van der Waals surface area contributed by atoms with E-state index in [1.165, 1.54) is 6.07 Å². The maximum Gasteiger partial charge on any atom is 0.277 e. The maximum atomic E-state index is 14.1. The summed E-state index contributed by atoms with van der Waals surface area (Å²) < 4.78 is 30.0. The fourth-order valence-electron chi connectivity index (χ4n) is 4.07. The Morgan fingerprint density at radius 3 is 2.75 bits per heavy atom. The van der Waals surface area contributed by atoms with E-state index in [1.807, 2.05) is 0 Å². The molecule has 1 saturated heterocycles. The van der Waals surface area contributed by atoms with Gasteiger partial charge in [0.05, 0.1) is 11.8 Å². The molecular weight excluding hydrogens is 436 g/mol. The van der Waals surface area contributed by atoms with Crippen LogP contribution in [0.25, 0.3) is 10.6 Å². The normalized spacial score (nSPS) is 19.1. The lowest BCUT2D eigenvalue weighted by Crippen LogP contribution is -2.30. The molecule has 0 aliphatic carbocycles. The molecule has 0 bridgehead atoms. The molecule has 2 unspecified atom stereocenters. The first-order valence-corrected chi connectivity index (χ1v) is 11.1. The van der Waals surface area contributed by atoms with Crippen LogP contribution in [0.5, 0.6) is 0 Å². The summed E-state index contributed by atoms with van der Waals surface area (Å²) in [6.45, 7) is 3.67.